The van der Waals surface area contributed by atoms with Crippen LogP contribution in [0.25, 0.3) is 11.3 Å². The molecular weight excluding hydrogens is 356 g/mol. The highest BCUT2D eigenvalue weighted by molar-refractivity contribution is 5.95. The molecule has 0 atom stereocenters. The molecule has 0 saturated heterocycles. The fourth-order valence-corrected chi connectivity index (χ4v) is 3.00. The smallest absolute Gasteiger partial charge is 0.341 e. The van der Waals surface area contributed by atoms with Crippen LogP contribution in [0.15, 0.2) is 52.9 Å². The Kier molecular flexibility index (Phi) is 5.59. The van der Waals surface area contributed by atoms with Gasteiger partial charge in [-0.25, -0.2) is 4.79 Å². The third-order valence-corrected chi connectivity index (χ3v) is 4.50. The maximum absolute atomic E-state index is 12.9. The van der Waals surface area contributed by atoms with Crippen LogP contribution in [-0.2, 0) is 11.3 Å². The first-order valence-electron chi connectivity index (χ1n) is 8.87. The molecule has 2 heterocycles. The van der Waals surface area contributed by atoms with Crippen LogP contribution in [0.1, 0.15) is 37.9 Å². The molecule has 6 nitrogen and oxygen atoms in total. The first-order chi connectivity index (χ1) is 13.4. The van der Waals surface area contributed by atoms with E-state index in [0.717, 1.165) is 11.3 Å². The number of furan rings is 1. The van der Waals surface area contributed by atoms with Gasteiger partial charge in [0.2, 0.25) is 0 Å². The highest BCUT2D eigenvalue weighted by Gasteiger charge is 2.20. The average molecular weight is 378 g/mol. The van der Waals surface area contributed by atoms with E-state index in [2.05, 4.69) is 4.98 Å². The van der Waals surface area contributed by atoms with Crippen molar-refractivity contribution in [2.75, 3.05) is 14.2 Å². The van der Waals surface area contributed by atoms with E-state index in [1.54, 1.807) is 26.1 Å². The summed E-state index contributed by atoms with van der Waals surface area (Å²) in [6, 6.07) is 15.0. The van der Waals surface area contributed by atoms with Gasteiger partial charge in [-0.1, -0.05) is 30.3 Å². The molecule has 0 saturated carbocycles. The minimum atomic E-state index is -0.460. The van der Waals surface area contributed by atoms with Crippen molar-refractivity contribution in [1.82, 2.24) is 9.88 Å². The summed E-state index contributed by atoms with van der Waals surface area (Å²) in [6.07, 6.45) is 0. The summed E-state index contributed by atoms with van der Waals surface area (Å²) in [7, 11) is 3.00. The molecule has 0 N–H and O–H groups in total. The Morgan fingerprint density at radius 3 is 2.43 bits per heavy atom. The molecule has 28 heavy (non-hydrogen) atoms. The molecule has 3 aromatic rings. The lowest BCUT2D eigenvalue weighted by Gasteiger charge is -2.17. The van der Waals surface area contributed by atoms with Gasteiger partial charge in [-0.05, 0) is 32.0 Å². The molecule has 0 unspecified atom stereocenters. The van der Waals surface area contributed by atoms with Gasteiger partial charge in [0.25, 0.3) is 5.91 Å². The van der Waals surface area contributed by atoms with Crippen LogP contribution >= 0.6 is 0 Å². The van der Waals surface area contributed by atoms with Crippen LogP contribution in [0.5, 0.6) is 0 Å². The molecule has 2 aromatic heterocycles. The Balaban J connectivity index is 1.77. The number of rotatable bonds is 5. The minimum Gasteiger partial charge on any atom is -0.465 e. The van der Waals surface area contributed by atoms with Gasteiger partial charge >= 0.3 is 5.97 Å². The first kappa shape index (κ1) is 19.4. The second-order valence-corrected chi connectivity index (χ2v) is 6.53. The topological polar surface area (TPSA) is 72.6 Å². The van der Waals surface area contributed by atoms with Gasteiger partial charge in [-0.3, -0.25) is 9.78 Å². The van der Waals surface area contributed by atoms with Crippen LogP contribution in [0.4, 0.5) is 0 Å². The number of benzene rings is 1. The van der Waals surface area contributed by atoms with Gasteiger partial charge in [-0.15, -0.1) is 0 Å². The number of amides is 1. The zero-order chi connectivity index (χ0) is 20.3. The van der Waals surface area contributed by atoms with E-state index in [9.17, 15) is 9.59 Å². The molecule has 0 aliphatic heterocycles. The van der Waals surface area contributed by atoms with Gasteiger partial charge in [0.15, 0.2) is 0 Å². The molecule has 0 radical (unpaired) electrons. The van der Waals surface area contributed by atoms with Crippen LogP contribution < -0.4 is 0 Å². The van der Waals surface area contributed by atoms with Crippen molar-refractivity contribution in [2.45, 2.75) is 20.4 Å². The standard InChI is InChI=1S/C22H22N2O4/c1-14-18(10-11-20(23-14)16-8-6-5-7-9-16)21(25)24(3)13-17-12-19(15(2)28-17)22(26)27-4/h5-12H,13H2,1-4H3. The Morgan fingerprint density at radius 2 is 1.79 bits per heavy atom. The van der Waals surface area contributed by atoms with E-state index in [0.29, 0.717) is 28.3 Å². The van der Waals surface area contributed by atoms with Crippen molar-refractivity contribution in [1.29, 1.82) is 0 Å². The maximum atomic E-state index is 12.9. The summed E-state index contributed by atoms with van der Waals surface area (Å²) in [5.74, 6) is 0.351. The van der Waals surface area contributed by atoms with Crippen LogP contribution in [0, 0.1) is 13.8 Å². The van der Waals surface area contributed by atoms with Crippen LogP contribution in [0.3, 0.4) is 0 Å². The van der Waals surface area contributed by atoms with Crippen molar-refractivity contribution >= 4 is 11.9 Å². The molecule has 0 aliphatic carbocycles. The van der Waals surface area contributed by atoms with Crippen molar-refractivity contribution in [3.05, 3.63) is 76.9 Å². The number of methoxy groups -OCH3 is 1. The van der Waals surface area contributed by atoms with Crippen LogP contribution in [-0.4, -0.2) is 35.9 Å². The molecule has 144 valence electrons. The third-order valence-electron chi connectivity index (χ3n) is 4.50. The molecule has 0 spiro atoms. The zero-order valence-corrected chi connectivity index (χ0v) is 16.4. The number of nitrogens with zero attached hydrogens (tertiary/aromatic N) is 2. The summed E-state index contributed by atoms with van der Waals surface area (Å²) < 4.78 is 10.3. The molecule has 1 aromatic carbocycles. The molecular formula is C22H22N2O4. The summed E-state index contributed by atoms with van der Waals surface area (Å²) in [6.45, 7) is 3.74. The first-order valence-corrected chi connectivity index (χ1v) is 8.87. The lowest BCUT2D eigenvalue weighted by molar-refractivity contribution is 0.0598. The molecule has 0 aliphatic rings. The predicted octanol–water partition coefficient (Wildman–Crippen LogP) is 4.02. The Bertz CT molecular complexity index is 1010. The van der Waals surface area contributed by atoms with Crippen molar-refractivity contribution in [2.24, 2.45) is 0 Å². The quantitative estimate of drug-likeness (QED) is 0.627. The fourth-order valence-electron chi connectivity index (χ4n) is 3.00. The highest BCUT2D eigenvalue weighted by atomic mass is 16.5. The number of pyridine rings is 1. The number of hydrogen-bond acceptors (Lipinski definition) is 5. The highest BCUT2D eigenvalue weighted by Crippen LogP contribution is 2.21. The molecule has 0 fully saturated rings. The average Bonchev–Trinajstić information content (AvgIpc) is 3.07. The second-order valence-electron chi connectivity index (χ2n) is 6.53. The van der Waals surface area contributed by atoms with E-state index in [4.69, 9.17) is 9.15 Å². The SMILES string of the molecule is COC(=O)c1cc(CN(C)C(=O)c2ccc(-c3ccccc3)nc2C)oc1C. The number of ether oxygens (including phenoxy) is 1. The normalized spacial score (nSPS) is 10.6. The summed E-state index contributed by atoms with van der Waals surface area (Å²) in [4.78, 5) is 30.7. The van der Waals surface area contributed by atoms with E-state index in [-0.39, 0.29) is 12.5 Å². The monoisotopic (exact) mass is 378 g/mol. The number of aryl methyl sites for hydroxylation is 2. The van der Waals surface area contributed by atoms with Crippen molar-refractivity contribution < 1.29 is 18.7 Å². The summed E-state index contributed by atoms with van der Waals surface area (Å²) >= 11 is 0. The van der Waals surface area contributed by atoms with Crippen LogP contribution in [0.2, 0.25) is 0 Å². The largest absolute Gasteiger partial charge is 0.465 e. The van der Waals surface area contributed by atoms with E-state index >= 15 is 0 Å². The number of carbonyl (C=O) groups is 2. The number of carbonyl (C=O) groups excluding carboxylic acids is 2. The number of hydrogen-bond donors (Lipinski definition) is 0. The lowest BCUT2D eigenvalue weighted by Crippen LogP contribution is -2.27. The predicted molar refractivity (Wildman–Crippen MR) is 105 cm³/mol. The molecule has 0 bridgehead atoms. The Hall–Kier alpha value is -3.41. The van der Waals surface area contributed by atoms with Gasteiger partial charge in [0.05, 0.1) is 30.6 Å². The number of aromatic nitrogens is 1. The van der Waals surface area contributed by atoms with Gasteiger partial charge in [-0.2, -0.15) is 0 Å². The van der Waals surface area contributed by atoms with Gasteiger partial charge < -0.3 is 14.1 Å². The maximum Gasteiger partial charge on any atom is 0.341 e. The van der Waals surface area contributed by atoms with Gasteiger partial charge in [0, 0.05) is 12.6 Å². The fraction of sp³-hybridized carbons (Fsp3) is 0.227. The third kappa shape index (κ3) is 3.96. The summed E-state index contributed by atoms with van der Waals surface area (Å²) in [5.41, 5.74) is 3.37. The summed E-state index contributed by atoms with van der Waals surface area (Å²) in [5, 5.41) is 0. The Morgan fingerprint density at radius 1 is 1.07 bits per heavy atom. The van der Waals surface area contributed by atoms with E-state index < -0.39 is 5.97 Å². The number of esters is 1. The van der Waals surface area contributed by atoms with Gasteiger partial charge in [0.1, 0.15) is 17.1 Å². The molecule has 3 rings (SSSR count). The lowest BCUT2D eigenvalue weighted by atomic mass is 10.1. The van der Waals surface area contributed by atoms with Crippen molar-refractivity contribution in [3.8, 4) is 11.3 Å². The van der Waals surface area contributed by atoms with E-state index in [1.807, 2.05) is 43.3 Å². The Labute approximate surface area is 163 Å². The van der Waals surface area contributed by atoms with E-state index in [1.165, 1.54) is 12.0 Å². The molecule has 6 heteroatoms. The molecule has 1 amide bonds. The minimum absolute atomic E-state index is 0.168. The van der Waals surface area contributed by atoms with Crippen molar-refractivity contribution in [3.63, 3.8) is 0 Å². The zero-order valence-electron chi connectivity index (χ0n) is 16.4. The second kappa shape index (κ2) is 8.08.